The Bertz CT molecular complexity index is 873. The van der Waals surface area contributed by atoms with Crippen molar-refractivity contribution in [2.24, 2.45) is 0 Å². The van der Waals surface area contributed by atoms with E-state index < -0.39 is 12.1 Å². The van der Waals surface area contributed by atoms with E-state index in [0.717, 1.165) is 37.5 Å². The molecule has 0 bridgehead atoms. The minimum absolute atomic E-state index is 0.113. The Balaban J connectivity index is 2.33. The number of amides is 1. The van der Waals surface area contributed by atoms with Crippen LogP contribution >= 0.6 is 0 Å². The molecule has 0 heterocycles. The maximum absolute atomic E-state index is 13.0. The molecule has 1 aromatic carbocycles. The van der Waals surface area contributed by atoms with E-state index in [1.165, 1.54) is 141 Å². The average molecular weight is 670 g/mol. The number of hydrogen-bond donors (Lipinski definition) is 1. The van der Waals surface area contributed by atoms with Gasteiger partial charge in [-0.1, -0.05) is 198 Å². The summed E-state index contributed by atoms with van der Waals surface area (Å²) < 4.78 is 5.88. The van der Waals surface area contributed by atoms with Crippen molar-refractivity contribution >= 4 is 18.2 Å². The molecular weight excluding hydrogens is 594 g/mol. The predicted octanol–water partition coefficient (Wildman–Crippen LogP) is 12.2. The summed E-state index contributed by atoms with van der Waals surface area (Å²) in [7, 11) is 0. The molecule has 0 saturated carbocycles. The van der Waals surface area contributed by atoms with Gasteiger partial charge >= 0.3 is 5.97 Å². The second kappa shape index (κ2) is 33.3. The fraction of sp³-hybridized carbons (Fsp3) is 0.791. The second-order valence-corrected chi connectivity index (χ2v) is 14.3. The average Bonchev–Trinajstić information content (AvgIpc) is 3.09. The van der Waals surface area contributed by atoms with Crippen LogP contribution in [0.15, 0.2) is 30.3 Å². The van der Waals surface area contributed by atoms with Crippen LogP contribution in [-0.4, -0.2) is 30.3 Å². The Kier molecular flexibility index (Phi) is 30.5. The predicted molar refractivity (Wildman–Crippen MR) is 203 cm³/mol. The highest BCUT2D eigenvalue weighted by atomic mass is 16.5. The van der Waals surface area contributed by atoms with Gasteiger partial charge in [0.25, 0.3) is 0 Å². The topological polar surface area (TPSA) is 72.5 Å². The van der Waals surface area contributed by atoms with Crippen LogP contribution in [0.1, 0.15) is 206 Å². The summed E-state index contributed by atoms with van der Waals surface area (Å²) in [4.78, 5) is 37.5. The molecule has 0 aliphatic heterocycles. The number of nitrogens with one attached hydrogen (secondary N) is 1. The summed E-state index contributed by atoms with van der Waals surface area (Å²) in [6.45, 7) is 4.53. The fourth-order valence-corrected chi connectivity index (χ4v) is 6.60. The van der Waals surface area contributed by atoms with Gasteiger partial charge in [0.1, 0.15) is 12.4 Å². The fourth-order valence-electron chi connectivity index (χ4n) is 6.60. The van der Waals surface area contributed by atoms with Crippen molar-refractivity contribution in [1.29, 1.82) is 0 Å². The van der Waals surface area contributed by atoms with Crippen molar-refractivity contribution in [1.82, 2.24) is 5.32 Å². The van der Waals surface area contributed by atoms with Gasteiger partial charge in [-0.3, -0.25) is 9.59 Å². The molecule has 1 aromatic rings. The van der Waals surface area contributed by atoms with Gasteiger partial charge < -0.3 is 14.8 Å². The molecule has 0 spiro atoms. The van der Waals surface area contributed by atoms with Gasteiger partial charge in [-0.15, -0.1) is 0 Å². The number of hydrogen-bond acceptors (Lipinski definition) is 4. The molecule has 0 aromatic heterocycles. The van der Waals surface area contributed by atoms with Crippen molar-refractivity contribution < 1.29 is 19.1 Å². The van der Waals surface area contributed by atoms with Crippen LogP contribution in [-0.2, 0) is 25.5 Å². The highest BCUT2D eigenvalue weighted by Gasteiger charge is 2.20. The van der Waals surface area contributed by atoms with E-state index in [4.69, 9.17) is 4.74 Å². The third kappa shape index (κ3) is 27.7. The molecule has 1 N–H and O–H groups in total. The van der Waals surface area contributed by atoms with Gasteiger partial charge in [0.2, 0.25) is 5.91 Å². The first-order valence-corrected chi connectivity index (χ1v) is 20.6. The molecule has 2 atom stereocenters. The summed E-state index contributed by atoms with van der Waals surface area (Å²) in [5.74, 6) is -0.418. The van der Waals surface area contributed by atoms with Crippen LogP contribution in [0.3, 0.4) is 0 Å². The van der Waals surface area contributed by atoms with Crippen LogP contribution in [0.2, 0.25) is 0 Å². The SMILES string of the molecule is CCCCCCCCCCCCCCCC(=O)OC(CCCCCCCCCCCCCCC)CC(=O)N[C@H](C=O)Cc1ccccc1. The molecule has 5 heteroatoms. The molecule has 1 rings (SSSR count). The van der Waals surface area contributed by atoms with Gasteiger partial charge in [0.15, 0.2) is 0 Å². The van der Waals surface area contributed by atoms with Crippen LogP contribution in [0, 0.1) is 0 Å². The molecule has 0 fully saturated rings. The zero-order chi connectivity index (χ0) is 34.8. The lowest BCUT2D eigenvalue weighted by Gasteiger charge is -2.19. The normalized spacial score (nSPS) is 12.5. The number of unbranched alkanes of at least 4 members (excludes halogenated alkanes) is 24. The molecule has 0 radical (unpaired) electrons. The first kappa shape index (κ1) is 43.9. The number of carbonyl (C=O) groups is 3. The lowest BCUT2D eigenvalue weighted by Crippen LogP contribution is -2.39. The van der Waals surface area contributed by atoms with Gasteiger partial charge in [-0.2, -0.15) is 0 Å². The molecule has 1 unspecified atom stereocenters. The molecule has 0 aliphatic carbocycles. The molecule has 0 aliphatic rings. The Morgan fingerprint density at radius 2 is 1.02 bits per heavy atom. The Hall–Kier alpha value is -2.17. The zero-order valence-electron chi connectivity index (χ0n) is 31.5. The quantitative estimate of drug-likeness (QED) is 0.0443. The number of rotatable bonds is 35. The lowest BCUT2D eigenvalue weighted by molar-refractivity contribution is -0.151. The van der Waals surface area contributed by atoms with Crippen molar-refractivity contribution in [3.63, 3.8) is 0 Å². The second-order valence-electron chi connectivity index (χ2n) is 14.3. The highest BCUT2D eigenvalue weighted by Crippen LogP contribution is 2.17. The first-order valence-electron chi connectivity index (χ1n) is 20.6. The number of esters is 1. The van der Waals surface area contributed by atoms with E-state index in [0.29, 0.717) is 19.3 Å². The van der Waals surface area contributed by atoms with E-state index in [9.17, 15) is 14.4 Å². The van der Waals surface area contributed by atoms with Crippen LogP contribution in [0.5, 0.6) is 0 Å². The number of carbonyl (C=O) groups excluding carboxylic acids is 3. The van der Waals surface area contributed by atoms with E-state index >= 15 is 0 Å². The molecule has 5 nitrogen and oxygen atoms in total. The molecule has 1 amide bonds. The molecule has 48 heavy (non-hydrogen) atoms. The van der Waals surface area contributed by atoms with E-state index in [2.05, 4.69) is 19.2 Å². The van der Waals surface area contributed by atoms with Gasteiger partial charge in [-0.05, 0) is 31.2 Å². The molecular formula is C43H75NO4. The van der Waals surface area contributed by atoms with Gasteiger partial charge in [-0.25, -0.2) is 0 Å². The summed E-state index contributed by atoms with van der Waals surface area (Å²) in [5, 5.41) is 2.87. The van der Waals surface area contributed by atoms with E-state index in [-0.39, 0.29) is 18.3 Å². The van der Waals surface area contributed by atoms with Crippen molar-refractivity contribution in [3.05, 3.63) is 35.9 Å². The molecule has 276 valence electrons. The number of benzene rings is 1. The minimum Gasteiger partial charge on any atom is -0.462 e. The number of aldehydes is 1. The minimum atomic E-state index is -0.585. The van der Waals surface area contributed by atoms with Gasteiger partial charge in [0, 0.05) is 6.42 Å². The Labute approximate surface area is 296 Å². The van der Waals surface area contributed by atoms with Crippen LogP contribution in [0.4, 0.5) is 0 Å². The third-order valence-electron chi connectivity index (χ3n) is 9.63. The van der Waals surface area contributed by atoms with E-state index in [1.807, 2.05) is 30.3 Å². The lowest BCUT2D eigenvalue weighted by atomic mass is 10.0. The third-order valence-corrected chi connectivity index (χ3v) is 9.63. The standard InChI is InChI=1S/C43H75NO4/c1-3-5-7-9-11-13-15-17-19-21-23-25-30-34-41(37-42(46)44-40(38-45)36-39-32-28-27-29-33-39)48-43(47)35-31-26-24-22-20-18-16-14-12-10-8-6-4-2/h27-29,32-33,38,40-41H,3-26,30-31,34-37H2,1-2H3,(H,44,46)/t40-,41?/m0/s1. The van der Waals surface area contributed by atoms with Crippen molar-refractivity contribution in [2.45, 2.75) is 219 Å². The van der Waals surface area contributed by atoms with E-state index in [1.54, 1.807) is 0 Å². The first-order chi connectivity index (χ1) is 23.6. The van der Waals surface area contributed by atoms with Crippen molar-refractivity contribution in [3.8, 4) is 0 Å². The largest absolute Gasteiger partial charge is 0.462 e. The Morgan fingerprint density at radius 3 is 1.46 bits per heavy atom. The maximum atomic E-state index is 13.0. The van der Waals surface area contributed by atoms with Crippen molar-refractivity contribution in [2.75, 3.05) is 0 Å². The summed E-state index contributed by atoms with van der Waals surface area (Å²) in [6.07, 6.45) is 35.2. The summed E-state index contributed by atoms with van der Waals surface area (Å²) in [6, 6.07) is 9.13. The van der Waals surface area contributed by atoms with Gasteiger partial charge in [0.05, 0.1) is 12.5 Å². The maximum Gasteiger partial charge on any atom is 0.306 e. The monoisotopic (exact) mass is 670 g/mol. The number of ether oxygens (including phenoxy) is 1. The van der Waals surface area contributed by atoms with Crippen LogP contribution in [0.25, 0.3) is 0 Å². The zero-order valence-corrected chi connectivity index (χ0v) is 31.5. The summed E-state index contributed by atoms with van der Waals surface area (Å²) >= 11 is 0. The molecule has 0 saturated heterocycles. The summed E-state index contributed by atoms with van der Waals surface area (Å²) in [5.41, 5.74) is 1.00. The highest BCUT2D eigenvalue weighted by molar-refractivity contribution is 5.80. The smallest absolute Gasteiger partial charge is 0.306 e. The Morgan fingerprint density at radius 1 is 0.604 bits per heavy atom. The van der Waals surface area contributed by atoms with Crippen LogP contribution < -0.4 is 5.32 Å².